The van der Waals surface area contributed by atoms with Crippen molar-refractivity contribution >= 4 is 0 Å². The summed E-state index contributed by atoms with van der Waals surface area (Å²) in [5, 5.41) is 19.0. The van der Waals surface area contributed by atoms with Crippen LogP contribution in [0.2, 0.25) is 0 Å². The van der Waals surface area contributed by atoms with Crippen molar-refractivity contribution in [3.05, 3.63) is 29.8 Å². The molecule has 1 unspecified atom stereocenters. The second-order valence-corrected chi connectivity index (χ2v) is 5.65. The SMILES string of the molecule is Cc1cccc(OCC(O)CN2CCN(CCO)CC2)c1. The molecule has 5 nitrogen and oxygen atoms in total. The highest BCUT2D eigenvalue weighted by Gasteiger charge is 2.19. The van der Waals surface area contributed by atoms with Gasteiger partial charge >= 0.3 is 0 Å². The Hall–Kier alpha value is -1.14. The fourth-order valence-electron chi connectivity index (χ4n) is 2.59. The van der Waals surface area contributed by atoms with Crippen molar-refractivity contribution in [1.29, 1.82) is 0 Å². The minimum atomic E-state index is -0.477. The molecule has 118 valence electrons. The van der Waals surface area contributed by atoms with Gasteiger partial charge in [0.1, 0.15) is 18.5 Å². The summed E-state index contributed by atoms with van der Waals surface area (Å²) in [6.45, 7) is 7.70. The predicted molar refractivity (Wildman–Crippen MR) is 82.6 cm³/mol. The fraction of sp³-hybridized carbons (Fsp3) is 0.625. The van der Waals surface area contributed by atoms with Gasteiger partial charge in [0.25, 0.3) is 0 Å². The van der Waals surface area contributed by atoms with Gasteiger partial charge in [0.15, 0.2) is 0 Å². The van der Waals surface area contributed by atoms with Crippen LogP contribution >= 0.6 is 0 Å². The Labute approximate surface area is 126 Å². The van der Waals surface area contributed by atoms with Gasteiger partial charge in [-0.25, -0.2) is 0 Å². The molecule has 0 aromatic heterocycles. The standard InChI is InChI=1S/C16H26N2O3/c1-14-3-2-4-16(11-14)21-13-15(20)12-18-7-5-17(6-8-18)9-10-19/h2-4,11,15,19-20H,5-10,12-13H2,1H3. The zero-order valence-electron chi connectivity index (χ0n) is 12.7. The van der Waals surface area contributed by atoms with Crippen LogP contribution in [0.1, 0.15) is 5.56 Å². The molecule has 1 aromatic carbocycles. The van der Waals surface area contributed by atoms with E-state index >= 15 is 0 Å². The van der Waals surface area contributed by atoms with Crippen LogP contribution in [0.25, 0.3) is 0 Å². The third-order valence-electron chi connectivity index (χ3n) is 3.78. The number of β-amino-alcohol motifs (C(OH)–C–C–N with tert-alkyl or cyclic N) is 2. The number of nitrogens with zero attached hydrogens (tertiary/aromatic N) is 2. The third kappa shape index (κ3) is 5.63. The number of aliphatic hydroxyl groups is 2. The average Bonchev–Trinajstić information content (AvgIpc) is 2.48. The summed E-state index contributed by atoms with van der Waals surface area (Å²) in [4.78, 5) is 4.49. The van der Waals surface area contributed by atoms with Crippen molar-refractivity contribution in [2.75, 3.05) is 52.5 Å². The number of aliphatic hydroxyl groups excluding tert-OH is 2. The molecule has 0 radical (unpaired) electrons. The molecule has 1 aromatic rings. The number of rotatable bonds is 7. The number of aryl methyl sites for hydroxylation is 1. The largest absolute Gasteiger partial charge is 0.491 e. The summed E-state index contributed by atoms with van der Waals surface area (Å²) >= 11 is 0. The molecule has 5 heteroatoms. The van der Waals surface area contributed by atoms with Crippen LogP contribution in [-0.2, 0) is 0 Å². The highest BCUT2D eigenvalue weighted by molar-refractivity contribution is 5.27. The average molecular weight is 294 g/mol. The first kappa shape index (κ1) is 16.2. The summed E-state index contributed by atoms with van der Waals surface area (Å²) in [5.41, 5.74) is 1.15. The predicted octanol–water partition coefficient (Wildman–Crippen LogP) is 0.345. The molecule has 0 bridgehead atoms. The zero-order valence-corrected chi connectivity index (χ0v) is 12.7. The number of hydrogen-bond donors (Lipinski definition) is 2. The molecular formula is C16H26N2O3. The van der Waals surface area contributed by atoms with E-state index in [0.717, 1.165) is 44.0 Å². The monoisotopic (exact) mass is 294 g/mol. The van der Waals surface area contributed by atoms with Crippen molar-refractivity contribution < 1.29 is 14.9 Å². The van der Waals surface area contributed by atoms with Crippen molar-refractivity contribution in [3.63, 3.8) is 0 Å². The number of ether oxygens (including phenoxy) is 1. The van der Waals surface area contributed by atoms with E-state index in [1.807, 2.05) is 31.2 Å². The number of hydrogen-bond acceptors (Lipinski definition) is 5. The van der Waals surface area contributed by atoms with E-state index in [1.165, 1.54) is 0 Å². The van der Waals surface area contributed by atoms with E-state index in [0.29, 0.717) is 13.2 Å². The minimum absolute atomic E-state index is 0.215. The Bertz CT molecular complexity index is 420. The van der Waals surface area contributed by atoms with Crippen LogP contribution in [0.4, 0.5) is 0 Å². The van der Waals surface area contributed by atoms with Gasteiger partial charge < -0.3 is 14.9 Å². The first-order valence-corrected chi connectivity index (χ1v) is 7.60. The van der Waals surface area contributed by atoms with Gasteiger partial charge in [-0.15, -0.1) is 0 Å². The first-order chi connectivity index (χ1) is 10.2. The van der Waals surface area contributed by atoms with Crippen LogP contribution in [0.15, 0.2) is 24.3 Å². The van der Waals surface area contributed by atoms with Gasteiger partial charge in [0.05, 0.1) is 6.61 Å². The Morgan fingerprint density at radius 2 is 1.90 bits per heavy atom. The Balaban J connectivity index is 1.67. The molecule has 1 heterocycles. The lowest BCUT2D eigenvalue weighted by Crippen LogP contribution is -2.49. The lowest BCUT2D eigenvalue weighted by atomic mass is 10.2. The molecule has 0 spiro atoms. The minimum Gasteiger partial charge on any atom is -0.491 e. The molecule has 1 atom stereocenters. The summed E-state index contributed by atoms with van der Waals surface area (Å²) in [6.07, 6.45) is -0.477. The Morgan fingerprint density at radius 3 is 2.57 bits per heavy atom. The fourth-order valence-corrected chi connectivity index (χ4v) is 2.59. The van der Waals surface area contributed by atoms with E-state index in [4.69, 9.17) is 9.84 Å². The maximum atomic E-state index is 10.1. The van der Waals surface area contributed by atoms with Crippen LogP contribution in [-0.4, -0.2) is 78.6 Å². The maximum Gasteiger partial charge on any atom is 0.119 e. The van der Waals surface area contributed by atoms with Crippen LogP contribution in [0, 0.1) is 6.92 Å². The van der Waals surface area contributed by atoms with Crippen molar-refractivity contribution in [2.45, 2.75) is 13.0 Å². The van der Waals surface area contributed by atoms with E-state index in [1.54, 1.807) is 0 Å². The van der Waals surface area contributed by atoms with E-state index in [-0.39, 0.29) is 6.61 Å². The van der Waals surface area contributed by atoms with E-state index in [2.05, 4.69) is 9.80 Å². The van der Waals surface area contributed by atoms with Gasteiger partial charge in [0.2, 0.25) is 0 Å². The maximum absolute atomic E-state index is 10.1. The van der Waals surface area contributed by atoms with Crippen molar-refractivity contribution in [1.82, 2.24) is 9.80 Å². The molecule has 2 rings (SSSR count). The second kappa shape index (κ2) is 8.34. The molecule has 21 heavy (non-hydrogen) atoms. The molecule has 0 saturated carbocycles. The Kier molecular flexibility index (Phi) is 6.45. The molecule has 1 aliphatic rings. The van der Waals surface area contributed by atoms with Gasteiger partial charge in [-0.1, -0.05) is 12.1 Å². The molecular weight excluding hydrogens is 268 g/mol. The van der Waals surface area contributed by atoms with E-state index < -0.39 is 6.10 Å². The lowest BCUT2D eigenvalue weighted by Gasteiger charge is -2.35. The van der Waals surface area contributed by atoms with Crippen LogP contribution < -0.4 is 4.74 Å². The molecule has 0 aliphatic carbocycles. The topological polar surface area (TPSA) is 56.2 Å². The highest BCUT2D eigenvalue weighted by Crippen LogP contribution is 2.12. The first-order valence-electron chi connectivity index (χ1n) is 7.60. The smallest absolute Gasteiger partial charge is 0.119 e. The van der Waals surface area contributed by atoms with Gasteiger partial charge in [-0.05, 0) is 24.6 Å². The lowest BCUT2D eigenvalue weighted by molar-refractivity contribution is 0.0428. The normalized spacial score (nSPS) is 18.6. The summed E-state index contributed by atoms with van der Waals surface area (Å²) in [5.74, 6) is 0.807. The van der Waals surface area contributed by atoms with Gasteiger partial charge in [0, 0.05) is 39.3 Å². The third-order valence-corrected chi connectivity index (χ3v) is 3.78. The van der Waals surface area contributed by atoms with Crippen LogP contribution in [0.5, 0.6) is 5.75 Å². The van der Waals surface area contributed by atoms with Crippen LogP contribution in [0.3, 0.4) is 0 Å². The quantitative estimate of drug-likeness (QED) is 0.760. The summed E-state index contributed by atoms with van der Waals surface area (Å²) < 4.78 is 5.63. The zero-order chi connectivity index (χ0) is 15.1. The molecule has 1 saturated heterocycles. The van der Waals surface area contributed by atoms with Crippen molar-refractivity contribution in [3.8, 4) is 5.75 Å². The highest BCUT2D eigenvalue weighted by atomic mass is 16.5. The number of piperazine rings is 1. The summed E-state index contributed by atoms with van der Waals surface area (Å²) in [7, 11) is 0. The van der Waals surface area contributed by atoms with E-state index in [9.17, 15) is 5.11 Å². The molecule has 2 N–H and O–H groups in total. The van der Waals surface area contributed by atoms with Gasteiger partial charge in [-0.3, -0.25) is 9.80 Å². The molecule has 0 amide bonds. The number of benzene rings is 1. The molecule has 1 fully saturated rings. The van der Waals surface area contributed by atoms with Crippen molar-refractivity contribution in [2.24, 2.45) is 0 Å². The summed E-state index contributed by atoms with van der Waals surface area (Å²) in [6, 6.07) is 7.86. The molecule has 1 aliphatic heterocycles. The second-order valence-electron chi connectivity index (χ2n) is 5.65. The van der Waals surface area contributed by atoms with Gasteiger partial charge in [-0.2, -0.15) is 0 Å². The Morgan fingerprint density at radius 1 is 1.19 bits per heavy atom.